The van der Waals surface area contributed by atoms with Crippen molar-refractivity contribution in [1.82, 2.24) is 14.7 Å². The first-order valence-corrected chi connectivity index (χ1v) is 8.61. The normalized spacial score (nSPS) is 18.6. The molecule has 0 radical (unpaired) electrons. The summed E-state index contributed by atoms with van der Waals surface area (Å²) in [4.78, 5) is 26.5. The zero-order valence-corrected chi connectivity index (χ0v) is 14.0. The lowest BCUT2D eigenvalue weighted by Gasteiger charge is -2.23. The van der Waals surface area contributed by atoms with Crippen LogP contribution in [0.1, 0.15) is 27.2 Å². The van der Waals surface area contributed by atoms with Crippen LogP contribution in [-0.4, -0.2) is 44.2 Å². The van der Waals surface area contributed by atoms with Crippen LogP contribution in [0.15, 0.2) is 24.0 Å². The van der Waals surface area contributed by atoms with Gasteiger partial charge in [-0.25, -0.2) is 0 Å². The summed E-state index contributed by atoms with van der Waals surface area (Å²) in [6.45, 7) is 6.52. The summed E-state index contributed by atoms with van der Waals surface area (Å²) >= 11 is 1.60. The number of amides is 2. The Labute approximate surface area is 134 Å². The Morgan fingerprint density at radius 2 is 2.27 bits per heavy atom. The van der Waals surface area contributed by atoms with Crippen LogP contribution >= 0.6 is 11.8 Å². The van der Waals surface area contributed by atoms with Gasteiger partial charge in [0.25, 0.3) is 5.91 Å². The number of anilines is 1. The van der Waals surface area contributed by atoms with Crippen LogP contribution in [0.2, 0.25) is 0 Å². The quantitative estimate of drug-likeness (QED) is 0.843. The Bertz CT molecular complexity index is 582. The molecular formula is C15H22N4O2S. The molecule has 1 fully saturated rings. The van der Waals surface area contributed by atoms with Crippen molar-refractivity contribution in [2.24, 2.45) is 0 Å². The standard InChI is InChI=1S/C15H22N4O2S/c1-4-6-11(3)15(21)19-10-22-9-13(19)14(20)17-12-7-16-18(5-2)8-12/h6-8,13H,4-5,9-10H2,1-3H3,(H,17,20)/b11-6+. The Morgan fingerprint density at radius 1 is 1.50 bits per heavy atom. The number of nitrogens with one attached hydrogen (secondary N) is 1. The summed E-state index contributed by atoms with van der Waals surface area (Å²) in [5.74, 6) is 0.966. The molecule has 2 rings (SSSR count). The van der Waals surface area contributed by atoms with Gasteiger partial charge in [-0.2, -0.15) is 5.10 Å². The van der Waals surface area contributed by atoms with Crippen molar-refractivity contribution >= 4 is 29.3 Å². The summed E-state index contributed by atoms with van der Waals surface area (Å²) in [6, 6.07) is -0.428. The lowest BCUT2D eigenvalue weighted by Crippen LogP contribution is -2.44. The van der Waals surface area contributed by atoms with Gasteiger partial charge in [0.05, 0.1) is 17.8 Å². The Balaban J connectivity index is 2.04. The Morgan fingerprint density at radius 3 is 2.91 bits per heavy atom. The van der Waals surface area contributed by atoms with Crippen molar-refractivity contribution in [3.8, 4) is 0 Å². The number of carbonyl (C=O) groups excluding carboxylic acids is 2. The van der Waals surface area contributed by atoms with Gasteiger partial charge in [0.15, 0.2) is 0 Å². The average molecular weight is 322 g/mol. The maximum atomic E-state index is 12.4. The van der Waals surface area contributed by atoms with E-state index in [1.165, 1.54) is 0 Å². The number of allylic oxidation sites excluding steroid dienone is 1. The van der Waals surface area contributed by atoms with E-state index in [1.54, 1.807) is 40.7 Å². The molecule has 7 heteroatoms. The molecule has 0 spiro atoms. The Hall–Kier alpha value is -1.76. The van der Waals surface area contributed by atoms with Crippen LogP contribution in [0.4, 0.5) is 5.69 Å². The van der Waals surface area contributed by atoms with E-state index in [1.807, 2.05) is 19.9 Å². The summed E-state index contributed by atoms with van der Waals surface area (Å²) in [5.41, 5.74) is 1.36. The van der Waals surface area contributed by atoms with E-state index in [0.717, 1.165) is 13.0 Å². The molecular weight excluding hydrogens is 300 g/mol. The third-order valence-electron chi connectivity index (χ3n) is 3.52. The second-order valence-corrected chi connectivity index (χ2v) is 6.16. The van der Waals surface area contributed by atoms with Gasteiger partial charge in [0.1, 0.15) is 6.04 Å². The summed E-state index contributed by atoms with van der Waals surface area (Å²) in [5, 5.41) is 6.97. The van der Waals surface area contributed by atoms with Gasteiger partial charge < -0.3 is 10.2 Å². The zero-order chi connectivity index (χ0) is 16.1. The van der Waals surface area contributed by atoms with E-state index in [-0.39, 0.29) is 11.8 Å². The number of hydrogen-bond donors (Lipinski definition) is 1. The van der Waals surface area contributed by atoms with Crippen molar-refractivity contribution in [3.63, 3.8) is 0 Å². The molecule has 1 aliphatic heterocycles. The van der Waals surface area contributed by atoms with E-state index < -0.39 is 6.04 Å². The third-order valence-corrected chi connectivity index (χ3v) is 4.53. The van der Waals surface area contributed by atoms with E-state index in [4.69, 9.17) is 0 Å². The number of nitrogens with zero attached hydrogens (tertiary/aromatic N) is 3. The maximum Gasteiger partial charge on any atom is 0.250 e. The SMILES string of the molecule is CC/C=C(\C)C(=O)N1CSCC1C(=O)Nc1cnn(CC)c1. The minimum absolute atomic E-state index is 0.0590. The predicted octanol–water partition coefficient (Wildman–Crippen LogP) is 2.10. The molecule has 0 aromatic carbocycles. The topological polar surface area (TPSA) is 67.2 Å². The third kappa shape index (κ3) is 3.71. The molecule has 0 saturated carbocycles. The van der Waals surface area contributed by atoms with Crippen LogP contribution < -0.4 is 5.32 Å². The fraction of sp³-hybridized carbons (Fsp3) is 0.533. The van der Waals surface area contributed by atoms with Crippen molar-refractivity contribution in [1.29, 1.82) is 0 Å². The van der Waals surface area contributed by atoms with Gasteiger partial charge in [-0.3, -0.25) is 14.3 Å². The maximum absolute atomic E-state index is 12.4. The molecule has 0 aliphatic carbocycles. The average Bonchev–Trinajstić information content (AvgIpc) is 3.15. The number of aromatic nitrogens is 2. The van der Waals surface area contributed by atoms with Crippen LogP contribution in [0.3, 0.4) is 0 Å². The molecule has 2 amide bonds. The van der Waals surface area contributed by atoms with Gasteiger partial charge in [-0.05, 0) is 20.3 Å². The van der Waals surface area contributed by atoms with Crippen molar-refractivity contribution < 1.29 is 9.59 Å². The minimum atomic E-state index is -0.428. The Kier molecular flexibility index (Phi) is 5.65. The number of carbonyl (C=O) groups is 2. The molecule has 1 saturated heterocycles. The highest BCUT2D eigenvalue weighted by molar-refractivity contribution is 7.99. The van der Waals surface area contributed by atoms with Gasteiger partial charge in [-0.15, -0.1) is 11.8 Å². The van der Waals surface area contributed by atoms with Crippen molar-refractivity contribution in [3.05, 3.63) is 24.0 Å². The van der Waals surface area contributed by atoms with Crippen LogP contribution in [-0.2, 0) is 16.1 Å². The zero-order valence-electron chi connectivity index (χ0n) is 13.2. The molecule has 1 unspecified atom stereocenters. The van der Waals surface area contributed by atoms with Crippen LogP contribution in [0, 0.1) is 0 Å². The number of hydrogen-bond acceptors (Lipinski definition) is 4. The summed E-state index contributed by atoms with van der Waals surface area (Å²) in [7, 11) is 0. The molecule has 6 nitrogen and oxygen atoms in total. The molecule has 1 aromatic rings. The summed E-state index contributed by atoms with van der Waals surface area (Å²) in [6.07, 6.45) is 6.11. The van der Waals surface area contributed by atoms with Crippen molar-refractivity contribution in [2.75, 3.05) is 16.9 Å². The molecule has 120 valence electrons. The second-order valence-electron chi connectivity index (χ2n) is 5.16. The number of thioether (sulfide) groups is 1. The molecule has 2 heterocycles. The van der Waals surface area contributed by atoms with Gasteiger partial charge in [0, 0.05) is 24.1 Å². The van der Waals surface area contributed by atoms with E-state index in [0.29, 0.717) is 22.9 Å². The predicted molar refractivity (Wildman–Crippen MR) is 88.5 cm³/mol. The van der Waals surface area contributed by atoms with Gasteiger partial charge in [0.2, 0.25) is 5.91 Å². The molecule has 1 N–H and O–H groups in total. The first kappa shape index (κ1) is 16.6. The largest absolute Gasteiger partial charge is 0.322 e. The lowest BCUT2D eigenvalue weighted by molar-refractivity contribution is -0.133. The van der Waals surface area contributed by atoms with Gasteiger partial charge >= 0.3 is 0 Å². The molecule has 1 aliphatic rings. The molecule has 22 heavy (non-hydrogen) atoms. The fourth-order valence-electron chi connectivity index (χ4n) is 2.31. The first-order valence-electron chi connectivity index (χ1n) is 7.45. The first-order chi connectivity index (χ1) is 10.6. The lowest BCUT2D eigenvalue weighted by atomic mass is 10.2. The molecule has 1 atom stereocenters. The van der Waals surface area contributed by atoms with Crippen LogP contribution in [0.25, 0.3) is 0 Å². The highest BCUT2D eigenvalue weighted by atomic mass is 32.2. The molecule has 1 aromatic heterocycles. The highest BCUT2D eigenvalue weighted by Gasteiger charge is 2.35. The van der Waals surface area contributed by atoms with E-state index in [2.05, 4.69) is 10.4 Å². The van der Waals surface area contributed by atoms with Crippen molar-refractivity contribution in [2.45, 2.75) is 39.8 Å². The fourth-order valence-corrected chi connectivity index (χ4v) is 3.46. The van der Waals surface area contributed by atoms with Crippen LogP contribution in [0.5, 0.6) is 0 Å². The highest BCUT2D eigenvalue weighted by Crippen LogP contribution is 2.24. The minimum Gasteiger partial charge on any atom is -0.322 e. The summed E-state index contributed by atoms with van der Waals surface area (Å²) < 4.78 is 1.75. The van der Waals surface area contributed by atoms with Gasteiger partial charge in [-0.1, -0.05) is 13.0 Å². The smallest absolute Gasteiger partial charge is 0.250 e. The van der Waals surface area contributed by atoms with E-state index >= 15 is 0 Å². The monoisotopic (exact) mass is 322 g/mol. The second kappa shape index (κ2) is 7.49. The number of aryl methyl sites for hydroxylation is 1. The number of rotatable bonds is 5. The molecule has 0 bridgehead atoms. The van der Waals surface area contributed by atoms with E-state index in [9.17, 15) is 9.59 Å².